The molecule has 1 aromatic heterocycles. The topological polar surface area (TPSA) is 126 Å². The largest absolute Gasteiger partial charge is 0.381 e. The Labute approximate surface area is 203 Å². The molecule has 3 heterocycles. The van der Waals surface area contributed by atoms with Crippen LogP contribution in [-0.4, -0.2) is 68.2 Å². The highest BCUT2D eigenvalue weighted by Crippen LogP contribution is 2.28. The van der Waals surface area contributed by atoms with E-state index < -0.39 is 10.0 Å². The number of hydrogen-bond acceptors (Lipinski definition) is 8. The number of benzene rings is 2. The fourth-order valence-corrected chi connectivity index (χ4v) is 5.78. The van der Waals surface area contributed by atoms with Crippen LogP contribution in [0, 0.1) is 0 Å². The first-order chi connectivity index (χ1) is 17.0. The van der Waals surface area contributed by atoms with Crippen LogP contribution in [0.15, 0.2) is 52.2 Å². The van der Waals surface area contributed by atoms with Crippen molar-refractivity contribution in [1.29, 1.82) is 0 Å². The number of aromatic nitrogens is 2. The molecule has 3 N–H and O–H groups in total. The molecule has 1 atom stereocenters. The molecule has 0 aliphatic carbocycles. The summed E-state index contributed by atoms with van der Waals surface area (Å²) in [7, 11) is -3.66. The van der Waals surface area contributed by atoms with Crippen LogP contribution in [0.1, 0.15) is 18.7 Å². The lowest BCUT2D eigenvalue weighted by atomic mass is 10.2. The van der Waals surface area contributed by atoms with E-state index in [0.717, 1.165) is 25.1 Å². The van der Waals surface area contributed by atoms with Gasteiger partial charge < -0.3 is 25.1 Å². The molecule has 3 aromatic rings. The van der Waals surface area contributed by atoms with Gasteiger partial charge >= 0.3 is 0 Å². The molecule has 0 radical (unpaired) electrons. The molecule has 0 bridgehead atoms. The molecule has 10 nitrogen and oxygen atoms in total. The monoisotopic (exact) mass is 499 g/mol. The second-order valence-electron chi connectivity index (χ2n) is 8.62. The third-order valence-corrected chi connectivity index (χ3v) is 8.15. The summed E-state index contributed by atoms with van der Waals surface area (Å²) in [5.74, 6) is 0.459. The van der Waals surface area contributed by atoms with Crippen LogP contribution >= 0.6 is 0 Å². The smallest absolute Gasteiger partial charge is 0.258 e. The highest BCUT2D eigenvalue weighted by molar-refractivity contribution is 7.89. The zero-order chi connectivity index (χ0) is 24.3. The summed E-state index contributed by atoms with van der Waals surface area (Å²) in [5.41, 5.74) is 1.75. The molecule has 2 aliphatic heterocycles. The lowest BCUT2D eigenvalue weighted by molar-refractivity contribution is 0.0730. The van der Waals surface area contributed by atoms with E-state index in [1.807, 2.05) is 6.07 Å². The Morgan fingerprint density at radius 1 is 1.06 bits per heavy atom. The Morgan fingerprint density at radius 3 is 2.69 bits per heavy atom. The summed E-state index contributed by atoms with van der Waals surface area (Å²) in [6.07, 6.45) is 2.15. The minimum absolute atomic E-state index is 0.123. The van der Waals surface area contributed by atoms with Crippen LogP contribution < -0.4 is 16.2 Å². The predicted octanol–water partition coefficient (Wildman–Crippen LogP) is 2.15. The van der Waals surface area contributed by atoms with E-state index in [1.54, 1.807) is 36.4 Å². The Balaban J connectivity index is 1.41. The Morgan fingerprint density at radius 2 is 1.89 bits per heavy atom. The van der Waals surface area contributed by atoms with Crippen LogP contribution in [0.4, 0.5) is 11.4 Å². The number of nitrogens with one attached hydrogen (secondary N) is 3. The van der Waals surface area contributed by atoms with Crippen LogP contribution in [0.25, 0.3) is 10.9 Å². The van der Waals surface area contributed by atoms with Gasteiger partial charge in [-0.25, -0.2) is 13.4 Å². The highest BCUT2D eigenvalue weighted by Gasteiger charge is 2.27. The number of hydrogen-bond donors (Lipinski definition) is 3. The fraction of sp³-hybridized carbons (Fsp3) is 0.417. The average Bonchev–Trinajstić information content (AvgIpc) is 3.41. The van der Waals surface area contributed by atoms with Gasteiger partial charge in [-0.2, -0.15) is 4.31 Å². The van der Waals surface area contributed by atoms with Gasteiger partial charge in [-0.15, -0.1) is 0 Å². The van der Waals surface area contributed by atoms with Crippen LogP contribution in [0.2, 0.25) is 0 Å². The molecule has 5 rings (SSSR count). The lowest BCUT2D eigenvalue weighted by Gasteiger charge is -2.26. The summed E-state index contributed by atoms with van der Waals surface area (Å²) >= 11 is 0. The third-order valence-electron chi connectivity index (χ3n) is 6.25. The Kier molecular flexibility index (Phi) is 7.00. The molecule has 0 unspecified atom stereocenters. The molecular weight excluding hydrogens is 470 g/mol. The molecule has 2 fully saturated rings. The number of anilines is 2. The fourth-order valence-electron chi connectivity index (χ4n) is 4.35. The summed E-state index contributed by atoms with van der Waals surface area (Å²) in [4.78, 5) is 20.0. The van der Waals surface area contributed by atoms with Crippen LogP contribution in [-0.2, 0) is 26.0 Å². The minimum Gasteiger partial charge on any atom is -0.381 e. The number of aromatic amines is 1. The first kappa shape index (κ1) is 23.7. The quantitative estimate of drug-likeness (QED) is 0.431. The molecule has 0 saturated carbocycles. The van der Waals surface area contributed by atoms with Crippen molar-refractivity contribution in [1.82, 2.24) is 14.3 Å². The van der Waals surface area contributed by atoms with E-state index in [2.05, 4.69) is 20.6 Å². The van der Waals surface area contributed by atoms with Gasteiger partial charge in [-0.1, -0.05) is 12.1 Å². The maximum absolute atomic E-state index is 13.2. The number of rotatable bonds is 8. The van der Waals surface area contributed by atoms with Crippen molar-refractivity contribution in [2.75, 3.05) is 50.1 Å². The maximum Gasteiger partial charge on any atom is 0.258 e. The SMILES string of the molecule is O=c1[nH]c(CNc2cc(S(=O)(=O)N3CCOCC3)ccc2NC[C@H]2CCCO2)nc2ccccc12. The molecule has 11 heteroatoms. The number of para-hydroxylation sites is 1. The van der Waals surface area contributed by atoms with Crippen molar-refractivity contribution in [3.63, 3.8) is 0 Å². The normalized spacial score (nSPS) is 19.1. The van der Waals surface area contributed by atoms with Gasteiger partial charge in [0.1, 0.15) is 5.82 Å². The Hall–Kier alpha value is -2.99. The first-order valence-electron chi connectivity index (χ1n) is 11.8. The first-order valence-corrected chi connectivity index (χ1v) is 13.2. The second kappa shape index (κ2) is 10.3. The van der Waals surface area contributed by atoms with Crippen molar-refractivity contribution in [2.24, 2.45) is 0 Å². The predicted molar refractivity (Wildman–Crippen MR) is 133 cm³/mol. The number of nitrogens with zero attached hydrogens (tertiary/aromatic N) is 2. The number of ether oxygens (including phenoxy) is 2. The van der Waals surface area contributed by atoms with E-state index in [4.69, 9.17) is 9.47 Å². The van der Waals surface area contributed by atoms with E-state index >= 15 is 0 Å². The van der Waals surface area contributed by atoms with Crippen molar-refractivity contribution in [3.05, 3.63) is 58.6 Å². The van der Waals surface area contributed by atoms with Crippen molar-refractivity contribution >= 4 is 32.3 Å². The van der Waals surface area contributed by atoms with Gasteiger partial charge in [0.25, 0.3) is 5.56 Å². The molecular formula is C24H29N5O5S. The van der Waals surface area contributed by atoms with Crippen LogP contribution in [0.3, 0.4) is 0 Å². The molecule has 2 saturated heterocycles. The lowest BCUT2D eigenvalue weighted by Crippen LogP contribution is -2.40. The summed E-state index contributed by atoms with van der Waals surface area (Å²) in [6, 6.07) is 12.2. The van der Waals surface area contributed by atoms with Gasteiger partial charge in [-0.05, 0) is 43.2 Å². The molecule has 2 aliphatic rings. The third kappa shape index (κ3) is 5.32. The summed E-state index contributed by atoms with van der Waals surface area (Å²) < 4.78 is 38.9. The average molecular weight is 500 g/mol. The summed E-state index contributed by atoms with van der Waals surface area (Å²) in [5, 5.41) is 7.17. The number of fused-ring (bicyclic) bond motifs is 1. The zero-order valence-electron chi connectivity index (χ0n) is 19.3. The van der Waals surface area contributed by atoms with Gasteiger partial charge in [0.05, 0.1) is 53.0 Å². The second-order valence-corrected chi connectivity index (χ2v) is 10.6. The van der Waals surface area contributed by atoms with Gasteiger partial charge in [0, 0.05) is 26.2 Å². The zero-order valence-corrected chi connectivity index (χ0v) is 20.1. The number of morpholine rings is 1. The van der Waals surface area contributed by atoms with E-state index in [9.17, 15) is 13.2 Å². The molecule has 186 valence electrons. The molecule has 2 aromatic carbocycles. The van der Waals surface area contributed by atoms with Crippen molar-refractivity contribution in [3.8, 4) is 0 Å². The minimum atomic E-state index is -3.66. The summed E-state index contributed by atoms with van der Waals surface area (Å²) in [6.45, 7) is 3.01. The van der Waals surface area contributed by atoms with Crippen LogP contribution in [0.5, 0.6) is 0 Å². The van der Waals surface area contributed by atoms with Gasteiger partial charge in [0.15, 0.2) is 0 Å². The highest BCUT2D eigenvalue weighted by atomic mass is 32.2. The number of H-pyrrole nitrogens is 1. The number of sulfonamides is 1. The standard InChI is InChI=1S/C24H29N5O5S/c30-24-19-5-1-2-6-20(19)27-23(28-24)16-26-22-14-18(35(31,32)29-9-12-33-13-10-29)7-8-21(22)25-15-17-4-3-11-34-17/h1-2,5-8,14,17,25-26H,3-4,9-13,15-16H2,(H,27,28,30)/t17-/m1/s1. The van der Waals surface area contributed by atoms with E-state index in [0.29, 0.717) is 55.3 Å². The van der Waals surface area contributed by atoms with Crippen molar-refractivity contribution < 1.29 is 17.9 Å². The van der Waals surface area contributed by atoms with E-state index in [-0.39, 0.29) is 23.1 Å². The maximum atomic E-state index is 13.2. The molecule has 0 spiro atoms. The van der Waals surface area contributed by atoms with Crippen molar-refractivity contribution in [2.45, 2.75) is 30.4 Å². The van der Waals surface area contributed by atoms with Gasteiger partial charge in [0.2, 0.25) is 10.0 Å². The molecule has 0 amide bonds. The van der Waals surface area contributed by atoms with E-state index in [1.165, 1.54) is 4.31 Å². The Bertz CT molecular complexity index is 1350. The van der Waals surface area contributed by atoms with Gasteiger partial charge in [-0.3, -0.25) is 4.79 Å². The molecule has 35 heavy (non-hydrogen) atoms.